The smallest absolute Gasteiger partial charge is 0.191 e. The van der Waals surface area contributed by atoms with Gasteiger partial charge in [0, 0.05) is 3.57 Å². The highest BCUT2D eigenvalue weighted by atomic mass is 127. The Morgan fingerprint density at radius 2 is 1.44 bits per heavy atom. The lowest BCUT2D eigenvalue weighted by molar-refractivity contribution is -0.289. The number of fused-ring (bicyclic) bond motifs is 1. The van der Waals surface area contributed by atoms with Crippen LogP contribution in [0, 0.1) is 3.57 Å². The molecule has 2 aromatic carbocycles. The molecule has 0 radical (unpaired) electrons. The van der Waals surface area contributed by atoms with Crippen molar-refractivity contribution in [3.8, 4) is 0 Å². The maximum Gasteiger partial charge on any atom is 0.458 e. The number of hydrogen-bond acceptors (Lipinski definition) is 0. The zero-order chi connectivity index (χ0) is 13.6. The van der Waals surface area contributed by atoms with Crippen LogP contribution in [0.5, 0.6) is 0 Å². The number of halogens is 6. The first kappa shape index (κ1) is 13.5. The third-order valence-corrected chi connectivity index (χ3v) is 3.45. The van der Waals surface area contributed by atoms with E-state index in [0.717, 1.165) is 0 Å². The monoisotopic (exact) mass is 372 g/mol. The Labute approximate surface area is 113 Å². The summed E-state index contributed by atoms with van der Waals surface area (Å²) >= 11 is 1.49. The van der Waals surface area contributed by atoms with Gasteiger partial charge in [0.1, 0.15) is 0 Å². The third-order valence-electron chi connectivity index (χ3n) is 2.55. The first-order valence-electron chi connectivity index (χ1n) is 4.87. The third kappa shape index (κ3) is 2.06. The summed E-state index contributed by atoms with van der Waals surface area (Å²) in [6.07, 6.45) is -5.60. The molecular weight excluding hydrogens is 366 g/mol. The van der Waals surface area contributed by atoms with Crippen molar-refractivity contribution in [1.29, 1.82) is 0 Å². The van der Waals surface area contributed by atoms with Crippen molar-refractivity contribution in [3.63, 3.8) is 0 Å². The van der Waals surface area contributed by atoms with Crippen molar-refractivity contribution in [1.82, 2.24) is 0 Å². The number of rotatable bonds is 1. The molecule has 0 spiro atoms. The summed E-state index contributed by atoms with van der Waals surface area (Å²) in [6, 6.07) is 8.58. The Morgan fingerprint density at radius 3 is 2.06 bits per heavy atom. The largest absolute Gasteiger partial charge is 0.458 e. The van der Waals surface area contributed by atoms with Crippen molar-refractivity contribution in [3.05, 3.63) is 45.5 Å². The molecule has 96 valence electrons. The number of benzene rings is 2. The molecule has 2 rings (SSSR count). The molecule has 0 unspecified atom stereocenters. The fourth-order valence-electron chi connectivity index (χ4n) is 1.71. The van der Waals surface area contributed by atoms with E-state index >= 15 is 0 Å². The molecule has 0 aliphatic carbocycles. The van der Waals surface area contributed by atoms with Crippen LogP contribution in [-0.2, 0) is 5.92 Å². The van der Waals surface area contributed by atoms with Gasteiger partial charge >= 0.3 is 12.1 Å². The predicted molar refractivity (Wildman–Crippen MR) is 66.6 cm³/mol. The second-order valence-corrected chi connectivity index (χ2v) is 4.88. The molecule has 0 bridgehead atoms. The van der Waals surface area contributed by atoms with Gasteiger partial charge in [-0.3, -0.25) is 0 Å². The average molecular weight is 372 g/mol. The van der Waals surface area contributed by atoms with E-state index in [4.69, 9.17) is 0 Å². The molecule has 0 atom stereocenters. The van der Waals surface area contributed by atoms with Crippen LogP contribution in [0.3, 0.4) is 0 Å². The quantitative estimate of drug-likeness (QED) is 0.483. The maximum atomic E-state index is 13.5. The highest BCUT2D eigenvalue weighted by Gasteiger charge is 2.60. The summed E-state index contributed by atoms with van der Waals surface area (Å²) in [5.74, 6) is -4.86. The minimum absolute atomic E-state index is 0.0771. The summed E-state index contributed by atoms with van der Waals surface area (Å²) in [4.78, 5) is 0. The van der Waals surface area contributed by atoms with Crippen molar-refractivity contribution in [2.24, 2.45) is 0 Å². The average Bonchev–Trinajstić information content (AvgIpc) is 2.26. The molecule has 0 heterocycles. The Hall–Kier alpha value is -0.920. The minimum atomic E-state index is -5.60. The molecule has 0 aliphatic rings. The first-order valence-corrected chi connectivity index (χ1v) is 5.95. The normalized spacial score (nSPS) is 13.0. The summed E-state index contributed by atoms with van der Waals surface area (Å²) in [6.45, 7) is 0. The lowest BCUT2D eigenvalue weighted by Gasteiger charge is -2.22. The van der Waals surface area contributed by atoms with E-state index in [1.807, 2.05) is 0 Å². The predicted octanol–water partition coefficient (Wildman–Crippen LogP) is 5.10. The van der Waals surface area contributed by atoms with Crippen LogP contribution in [0.1, 0.15) is 5.56 Å². The summed E-state index contributed by atoms with van der Waals surface area (Å²) in [5, 5.41) is 0.281. The molecule has 0 saturated heterocycles. The van der Waals surface area contributed by atoms with Crippen LogP contribution >= 0.6 is 22.6 Å². The molecule has 6 heteroatoms. The van der Waals surface area contributed by atoms with Gasteiger partial charge in [-0.15, -0.1) is 0 Å². The molecule has 0 aliphatic heterocycles. The highest BCUT2D eigenvalue weighted by molar-refractivity contribution is 14.1. The molecule has 0 N–H and O–H groups in total. The van der Waals surface area contributed by atoms with Crippen LogP contribution in [0.25, 0.3) is 10.8 Å². The molecule has 0 amide bonds. The van der Waals surface area contributed by atoms with Crippen LogP contribution in [-0.4, -0.2) is 6.18 Å². The van der Waals surface area contributed by atoms with Gasteiger partial charge in [-0.05, 0) is 39.4 Å². The Balaban J connectivity index is 2.82. The highest BCUT2D eigenvalue weighted by Crippen LogP contribution is 2.47. The fourth-order valence-corrected chi connectivity index (χ4v) is 2.51. The minimum Gasteiger partial charge on any atom is -0.191 e. The van der Waals surface area contributed by atoms with E-state index in [2.05, 4.69) is 0 Å². The van der Waals surface area contributed by atoms with Crippen LogP contribution < -0.4 is 0 Å². The van der Waals surface area contributed by atoms with E-state index in [9.17, 15) is 22.0 Å². The topological polar surface area (TPSA) is 0 Å². The van der Waals surface area contributed by atoms with Gasteiger partial charge in [-0.25, -0.2) is 0 Å². The molecule has 0 saturated carbocycles. The maximum absolute atomic E-state index is 13.5. The first-order chi connectivity index (χ1) is 8.25. The molecule has 18 heavy (non-hydrogen) atoms. The zero-order valence-electron chi connectivity index (χ0n) is 8.73. The second kappa shape index (κ2) is 4.32. The lowest BCUT2D eigenvalue weighted by Crippen LogP contribution is -2.34. The Bertz CT molecular complexity index is 589. The fraction of sp³-hybridized carbons (Fsp3) is 0.167. The van der Waals surface area contributed by atoms with Gasteiger partial charge in [-0.2, -0.15) is 22.0 Å². The van der Waals surface area contributed by atoms with Gasteiger partial charge < -0.3 is 0 Å². The van der Waals surface area contributed by atoms with Crippen LogP contribution in [0.15, 0.2) is 36.4 Å². The zero-order valence-corrected chi connectivity index (χ0v) is 10.9. The van der Waals surface area contributed by atoms with E-state index in [0.29, 0.717) is 5.39 Å². The van der Waals surface area contributed by atoms with Crippen LogP contribution in [0.2, 0.25) is 0 Å². The second-order valence-electron chi connectivity index (χ2n) is 3.72. The number of alkyl halides is 5. The summed E-state index contributed by atoms with van der Waals surface area (Å²) < 4.78 is 64.4. The Morgan fingerprint density at radius 1 is 0.833 bits per heavy atom. The van der Waals surface area contributed by atoms with E-state index in [1.54, 1.807) is 6.07 Å². The SMILES string of the molecule is FC(F)(F)C(F)(F)c1c(I)ccc2ccccc12. The van der Waals surface area contributed by atoms with Gasteiger partial charge in [0.15, 0.2) is 0 Å². The van der Waals surface area contributed by atoms with Crippen LogP contribution in [0.4, 0.5) is 22.0 Å². The van der Waals surface area contributed by atoms with E-state index < -0.39 is 17.7 Å². The standard InChI is InChI=1S/C12H6F5I/c13-11(14,12(15,16)17)10-8-4-2-1-3-7(8)5-6-9(10)18/h1-6H. The summed E-state index contributed by atoms with van der Waals surface area (Å²) in [5.41, 5.74) is -0.978. The van der Waals surface area contributed by atoms with E-state index in [1.165, 1.54) is 52.9 Å². The molecule has 0 fully saturated rings. The number of hydrogen-bond donors (Lipinski definition) is 0. The van der Waals surface area contributed by atoms with Crippen molar-refractivity contribution in [2.75, 3.05) is 0 Å². The lowest BCUT2D eigenvalue weighted by atomic mass is 9.99. The van der Waals surface area contributed by atoms with Crippen molar-refractivity contribution in [2.45, 2.75) is 12.1 Å². The Kier molecular flexibility index (Phi) is 3.25. The molecule has 2 aromatic rings. The van der Waals surface area contributed by atoms with Crippen molar-refractivity contribution >= 4 is 33.4 Å². The van der Waals surface area contributed by atoms with Gasteiger partial charge in [-0.1, -0.05) is 30.3 Å². The molecule has 0 aromatic heterocycles. The summed E-state index contributed by atoms with van der Waals surface area (Å²) in [7, 11) is 0. The van der Waals surface area contributed by atoms with Gasteiger partial charge in [0.2, 0.25) is 0 Å². The van der Waals surface area contributed by atoms with Gasteiger partial charge in [0.25, 0.3) is 0 Å². The van der Waals surface area contributed by atoms with Gasteiger partial charge in [0.05, 0.1) is 5.56 Å². The van der Waals surface area contributed by atoms with E-state index in [-0.39, 0.29) is 8.96 Å². The molecular formula is C12H6F5I. The molecule has 0 nitrogen and oxygen atoms in total. The van der Waals surface area contributed by atoms with Crippen molar-refractivity contribution < 1.29 is 22.0 Å².